The first kappa shape index (κ1) is 21.4. The molecular weight excluding hydrogens is 376 g/mol. The Morgan fingerprint density at radius 1 is 1.17 bits per heavy atom. The summed E-state index contributed by atoms with van der Waals surface area (Å²) in [4.78, 5) is 14.6. The van der Waals surface area contributed by atoms with E-state index in [0.29, 0.717) is 25.1 Å². The Balaban J connectivity index is 1.27. The van der Waals surface area contributed by atoms with Crippen LogP contribution in [0.3, 0.4) is 0 Å². The second kappa shape index (κ2) is 10.5. The number of nitrogens with zero attached hydrogens (tertiary/aromatic N) is 1. The Bertz CT molecular complexity index is 765. The molecule has 2 aliphatic heterocycles. The molecule has 1 atom stereocenters. The van der Waals surface area contributed by atoms with Crippen molar-refractivity contribution in [2.24, 2.45) is 5.92 Å². The molecule has 5 nitrogen and oxygen atoms in total. The summed E-state index contributed by atoms with van der Waals surface area (Å²) in [7, 11) is 1.64. The van der Waals surface area contributed by atoms with Crippen molar-refractivity contribution in [1.29, 1.82) is 0 Å². The summed E-state index contributed by atoms with van der Waals surface area (Å²) in [5.41, 5.74) is 2.71. The van der Waals surface area contributed by atoms with Gasteiger partial charge in [-0.15, -0.1) is 0 Å². The molecule has 1 amide bonds. The van der Waals surface area contributed by atoms with E-state index in [0.717, 1.165) is 24.5 Å². The molecule has 1 saturated heterocycles. The molecule has 2 fully saturated rings. The number of nitrogens with one attached hydrogen (secondary N) is 1. The van der Waals surface area contributed by atoms with Crippen molar-refractivity contribution < 1.29 is 13.9 Å². The Kier molecular flexibility index (Phi) is 7.45. The van der Waals surface area contributed by atoms with Crippen LogP contribution in [0.2, 0.25) is 0 Å². The second-order valence-electron chi connectivity index (χ2n) is 9.04. The number of carbonyl (C=O) groups is 1. The predicted octanol–water partition coefficient (Wildman–Crippen LogP) is 5.01. The van der Waals surface area contributed by atoms with Gasteiger partial charge >= 0.3 is 0 Å². The number of methoxy groups -OCH3 is 1. The number of hydrogen-bond donors (Lipinski definition) is 1. The summed E-state index contributed by atoms with van der Waals surface area (Å²) in [6.07, 6.45) is 12.1. The Morgan fingerprint density at radius 3 is 2.87 bits per heavy atom. The average Bonchev–Trinajstić information content (AvgIpc) is 3.26. The van der Waals surface area contributed by atoms with E-state index in [1.807, 2.05) is 6.26 Å². The van der Waals surface area contributed by atoms with Gasteiger partial charge in [0.2, 0.25) is 5.91 Å². The quantitative estimate of drug-likeness (QED) is 0.662. The number of rotatable bonds is 8. The molecule has 1 saturated carbocycles. The van der Waals surface area contributed by atoms with Crippen LogP contribution in [0, 0.1) is 5.92 Å². The van der Waals surface area contributed by atoms with Crippen LogP contribution in [0.25, 0.3) is 11.3 Å². The van der Waals surface area contributed by atoms with Gasteiger partial charge in [0.05, 0.1) is 12.9 Å². The smallest absolute Gasteiger partial charge is 0.222 e. The minimum absolute atomic E-state index is 0.130. The molecule has 1 N–H and O–H groups in total. The number of hydrogen-bond acceptors (Lipinski definition) is 4. The summed E-state index contributed by atoms with van der Waals surface area (Å²) in [5, 5.41) is 3.18. The molecule has 0 aromatic rings. The van der Waals surface area contributed by atoms with E-state index in [4.69, 9.17) is 9.15 Å². The minimum Gasteiger partial charge on any atom is -0.464 e. The van der Waals surface area contributed by atoms with E-state index in [1.54, 1.807) is 7.11 Å². The van der Waals surface area contributed by atoms with E-state index < -0.39 is 0 Å². The first-order valence-electron chi connectivity index (χ1n) is 11.7. The third-order valence-electron chi connectivity index (χ3n) is 7.07. The maximum atomic E-state index is 11.9. The van der Waals surface area contributed by atoms with E-state index in [1.165, 1.54) is 62.7 Å². The lowest BCUT2D eigenvalue weighted by atomic mass is 9.83. The first-order chi connectivity index (χ1) is 14.7. The van der Waals surface area contributed by atoms with E-state index in [-0.39, 0.29) is 5.91 Å². The molecule has 4 aliphatic rings. The molecule has 4 rings (SSSR count). The van der Waals surface area contributed by atoms with Crippen molar-refractivity contribution in [2.75, 3.05) is 26.8 Å². The highest BCUT2D eigenvalue weighted by molar-refractivity contribution is 5.76. The average molecular weight is 413 g/mol. The molecule has 30 heavy (non-hydrogen) atoms. The number of amides is 1. The predicted molar refractivity (Wildman–Crippen MR) is 118 cm³/mol. The molecular formula is C25H36N2O3. The normalized spacial score (nSPS) is 25.4. The molecule has 0 aromatic carbocycles. The van der Waals surface area contributed by atoms with E-state index >= 15 is 0 Å². The maximum absolute atomic E-state index is 11.9. The van der Waals surface area contributed by atoms with Gasteiger partial charge in [0.1, 0.15) is 5.76 Å². The number of piperidine rings is 1. The van der Waals surface area contributed by atoms with Gasteiger partial charge in [0.15, 0.2) is 0 Å². The van der Waals surface area contributed by atoms with E-state index in [2.05, 4.69) is 34.5 Å². The maximum Gasteiger partial charge on any atom is 0.222 e. The Labute approximate surface area is 180 Å². The fourth-order valence-electron chi connectivity index (χ4n) is 5.36. The molecule has 1 unspecified atom stereocenters. The van der Waals surface area contributed by atoms with Gasteiger partial charge in [-0.1, -0.05) is 18.6 Å². The third kappa shape index (κ3) is 5.25. The van der Waals surface area contributed by atoms with Crippen molar-refractivity contribution in [3.63, 3.8) is 0 Å². The lowest BCUT2D eigenvalue weighted by molar-refractivity contribution is -0.122. The van der Waals surface area contributed by atoms with Crippen molar-refractivity contribution in [1.82, 2.24) is 10.2 Å². The van der Waals surface area contributed by atoms with Gasteiger partial charge in [-0.2, -0.15) is 0 Å². The molecule has 2 aliphatic carbocycles. The summed E-state index contributed by atoms with van der Waals surface area (Å²) in [5.74, 6) is 1.91. The van der Waals surface area contributed by atoms with Crippen LogP contribution in [0.15, 0.2) is 34.9 Å². The molecule has 164 valence electrons. The van der Waals surface area contributed by atoms with E-state index in [9.17, 15) is 4.79 Å². The SMILES string of the molecule is COCCC(=O)N[C@H]1CC[C@H](CCN2CCCCC2c2ccoc3cccc2-3)CC1. The summed E-state index contributed by atoms with van der Waals surface area (Å²) < 4.78 is 10.7. The van der Waals surface area contributed by atoms with Crippen molar-refractivity contribution >= 4 is 5.91 Å². The largest absolute Gasteiger partial charge is 0.464 e. The third-order valence-corrected chi connectivity index (χ3v) is 7.07. The van der Waals surface area contributed by atoms with Crippen LogP contribution in [0.4, 0.5) is 0 Å². The number of ether oxygens (including phenoxy) is 1. The standard InChI is InChI=1S/C25H36N2O3/c1-29-17-14-25(28)26-20-10-8-19(9-11-20)12-16-27-15-3-2-6-23(27)21-13-18-30-24-7-4-5-22(21)24/h4-5,7,13,18-20,23H,2-3,6,8-12,14-17H2,1H3,(H,26,28)/t19-,20-,23?. The highest BCUT2D eigenvalue weighted by Crippen LogP contribution is 2.39. The summed E-state index contributed by atoms with van der Waals surface area (Å²) >= 11 is 0. The van der Waals surface area contributed by atoms with Crippen molar-refractivity contribution in [3.8, 4) is 11.3 Å². The van der Waals surface area contributed by atoms with Gasteiger partial charge in [-0.3, -0.25) is 9.69 Å². The zero-order chi connectivity index (χ0) is 20.8. The zero-order valence-electron chi connectivity index (χ0n) is 18.3. The Morgan fingerprint density at radius 2 is 2.03 bits per heavy atom. The fraction of sp³-hybridized carbons (Fsp3) is 0.640. The number of carbonyl (C=O) groups excluding carboxylic acids is 1. The van der Waals surface area contributed by atoms with Gasteiger partial charge in [-0.05, 0) is 81.6 Å². The molecule has 2 heterocycles. The lowest BCUT2D eigenvalue weighted by Crippen LogP contribution is -2.39. The minimum atomic E-state index is 0.130. The molecule has 0 radical (unpaired) electrons. The van der Waals surface area contributed by atoms with Crippen LogP contribution in [-0.2, 0) is 9.53 Å². The molecule has 0 bridgehead atoms. The lowest BCUT2D eigenvalue weighted by Gasteiger charge is -2.38. The van der Waals surface area contributed by atoms with Gasteiger partial charge in [-0.25, -0.2) is 0 Å². The highest BCUT2D eigenvalue weighted by atomic mass is 16.5. The number of fused-ring (bicyclic) bond motifs is 1. The molecule has 0 aromatic heterocycles. The Hall–Kier alpha value is -1.85. The molecule has 0 spiro atoms. The summed E-state index contributed by atoms with van der Waals surface area (Å²) in [6.45, 7) is 2.88. The highest BCUT2D eigenvalue weighted by Gasteiger charge is 2.29. The van der Waals surface area contributed by atoms with Crippen LogP contribution < -0.4 is 5.32 Å². The zero-order valence-corrected chi connectivity index (χ0v) is 18.3. The first-order valence-corrected chi connectivity index (χ1v) is 11.7. The van der Waals surface area contributed by atoms with Gasteiger partial charge < -0.3 is 14.5 Å². The van der Waals surface area contributed by atoms with Crippen molar-refractivity contribution in [2.45, 2.75) is 69.9 Å². The van der Waals surface area contributed by atoms with Crippen molar-refractivity contribution in [3.05, 3.63) is 36.1 Å². The fourth-order valence-corrected chi connectivity index (χ4v) is 5.36. The van der Waals surface area contributed by atoms with Crippen LogP contribution >= 0.6 is 0 Å². The molecule has 5 heteroatoms. The van der Waals surface area contributed by atoms with Gasteiger partial charge in [0, 0.05) is 31.2 Å². The monoisotopic (exact) mass is 412 g/mol. The topological polar surface area (TPSA) is 54.7 Å². The van der Waals surface area contributed by atoms with Crippen LogP contribution in [0.5, 0.6) is 0 Å². The second-order valence-corrected chi connectivity index (χ2v) is 9.04. The number of likely N-dealkylation sites (tertiary alicyclic amines) is 1. The van der Waals surface area contributed by atoms with Crippen LogP contribution in [0.1, 0.15) is 69.4 Å². The van der Waals surface area contributed by atoms with Gasteiger partial charge in [0.25, 0.3) is 0 Å². The summed E-state index contributed by atoms with van der Waals surface area (Å²) in [6, 6.07) is 9.41. The van der Waals surface area contributed by atoms with Crippen LogP contribution in [-0.4, -0.2) is 43.7 Å².